The summed E-state index contributed by atoms with van der Waals surface area (Å²) in [6, 6.07) is 0. The van der Waals surface area contributed by atoms with Crippen molar-refractivity contribution in [2.75, 3.05) is 0 Å². The predicted molar refractivity (Wildman–Crippen MR) is 47.2 cm³/mol. The summed E-state index contributed by atoms with van der Waals surface area (Å²) in [6.45, 7) is 3.66. The molecule has 0 aliphatic carbocycles. The summed E-state index contributed by atoms with van der Waals surface area (Å²) in [5, 5.41) is 3.71. The Labute approximate surface area is 70.1 Å². The van der Waals surface area contributed by atoms with Gasteiger partial charge in [0.1, 0.15) is 0 Å². The SMILES string of the molecule is C=C1/C=C\C=N/NC=C1C(N)=O. The largest absolute Gasteiger partial charge is 0.366 e. The van der Waals surface area contributed by atoms with Crippen LogP contribution in [0.4, 0.5) is 0 Å². The minimum atomic E-state index is -0.519. The van der Waals surface area contributed by atoms with E-state index in [0.29, 0.717) is 11.1 Å². The van der Waals surface area contributed by atoms with Gasteiger partial charge in [-0.05, 0) is 11.6 Å². The standard InChI is InChI=1S/C8H9N3O/c1-6-3-2-4-10-11-5-7(6)8(9)12/h2-5,11H,1H2,(H2,9,12)/b3-2-,7-5?,10-4-. The van der Waals surface area contributed by atoms with E-state index in [-0.39, 0.29) is 0 Å². The summed E-state index contributed by atoms with van der Waals surface area (Å²) in [5.74, 6) is -0.519. The molecule has 1 amide bonds. The molecule has 0 fully saturated rings. The zero-order valence-electron chi connectivity index (χ0n) is 6.45. The molecule has 0 aromatic rings. The number of hydrogen-bond acceptors (Lipinski definition) is 3. The van der Waals surface area contributed by atoms with Gasteiger partial charge in [0.05, 0.1) is 5.57 Å². The first-order valence-corrected chi connectivity index (χ1v) is 3.36. The monoisotopic (exact) mass is 163 g/mol. The van der Waals surface area contributed by atoms with E-state index in [1.165, 1.54) is 6.20 Å². The molecule has 0 saturated heterocycles. The molecule has 3 N–H and O–H groups in total. The van der Waals surface area contributed by atoms with E-state index in [9.17, 15) is 4.79 Å². The molecular weight excluding hydrogens is 154 g/mol. The average Bonchev–Trinajstić information content (AvgIpc) is 1.96. The van der Waals surface area contributed by atoms with Crippen LogP contribution in [0.15, 0.2) is 41.2 Å². The first kappa shape index (κ1) is 8.26. The summed E-state index contributed by atoms with van der Waals surface area (Å²) in [5.41, 5.74) is 8.53. The summed E-state index contributed by atoms with van der Waals surface area (Å²) >= 11 is 0. The molecule has 0 saturated carbocycles. The molecule has 1 heterocycles. The first-order valence-electron chi connectivity index (χ1n) is 3.36. The Morgan fingerprint density at radius 1 is 1.67 bits per heavy atom. The minimum Gasteiger partial charge on any atom is -0.366 e. The Balaban J connectivity index is 2.97. The number of rotatable bonds is 1. The Morgan fingerprint density at radius 2 is 2.42 bits per heavy atom. The molecule has 0 atom stereocenters. The number of primary amides is 1. The third-order valence-corrected chi connectivity index (χ3v) is 1.35. The molecule has 1 rings (SSSR count). The first-order chi connectivity index (χ1) is 5.72. The van der Waals surface area contributed by atoms with Crippen molar-refractivity contribution < 1.29 is 4.79 Å². The third-order valence-electron chi connectivity index (χ3n) is 1.35. The van der Waals surface area contributed by atoms with Gasteiger partial charge in [-0.2, -0.15) is 5.10 Å². The van der Waals surface area contributed by atoms with Gasteiger partial charge in [0, 0.05) is 12.4 Å². The summed E-state index contributed by atoms with van der Waals surface area (Å²) in [4.78, 5) is 10.8. The number of nitrogens with zero attached hydrogens (tertiary/aromatic N) is 1. The van der Waals surface area contributed by atoms with Crippen molar-refractivity contribution in [1.29, 1.82) is 0 Å². The van der Waals surface area contributed by atoms with Crippen LogP contribution in [0.25, 0.3) is 0 Å². The lowest BCUT2D eigenvalue weighted by atomic mass is 10.1. The molecule has 0 unspecified atom stereocenters. The molecule has 62 valence electrons. The minimum absolute atomic E-state index is 0.336. The number of nitrogens with two attached hydrogens (primary N) is 1. The van der Waals surface area contributed by atoms with Gasteiger partial charge >= 0.3 is 0 Å². The van der Waals surface area contributed by atoms with Crippen molar-refractivity contribution in [1.82, 2.24) is 5.43 Å². The van der Waals surface area contributed by atoms with Crippen LogP contribution in [-0.2, 0) is 4.79 Å². The molecule has 0 aromatic carbocycles. The van der Waals surface area contributed by atoms with E-state index >= 15 is 0 Å². The fraction of sp³-hybridized carbons (Fsp3) is 0. The van der Waals surface area contributed by atoms with E-state index in [4.69, 9.17) is 5.73 Å². The molecule has 0 radical (unpaired) electrons. The Kier molecular flexibility index (Phi) is 2.42. The van der Waals surface area contributed by atoms with Crippen molar-refractivity contribution in [2.45, 2.75) is 0 Å². The maximum absolute atomic E-state index is 10.8. The summed E-state index contributed by atoms with van der Waals surface area (Å²) < 4.78 is 0. The number of carbonyl (C=O) groups excluding carboxylic acids is 1. The molecule has 4 heteroatoms. The highest BCUT2D eigenvalue weighted by Crippen LogP contribution is 2.07. The molecule has 12 heavy (non-hydrogen) atoms. The molecule has 0 spiro atoms. The van der Waals surface area contributed by atoms with Crippen molar-refractivity contribution in [3.8, 4) is 0 Å². The number of allylic oxidation sites excluding steroid dienone is 2. The van der Waals surface area contributed by atoms with Crippen LogP contribution in [0.1, 0.15) is 0 Å². The maximum atomic E-state index is 10.8. The van der Waals surface area contributed by atoms with Gasteiger partial charge < -0.3 is 5.73 Å². The van der Waals surface area contributed by atoms with Crippen LogP contribution in [0, 0.1) is 0 Å². The molecular formula is C8H9N3O. The number of nitrogens with one attached hydrogen (secondary N) is 1. The van der Waals surface area contributed by atoms with Crippen molar-refractivity contribution >= 4 is 12.1 Å². The van der Waals surface area contributed by atoms with Crippen LogP contribution in [0.2, 0.25) is 0 Å². The highest BCUT2D eigenvalue weighted by molar-refractivity contribution is 5.97. The quantitative estimate of drug-likeness (QED) is 0.573. The van der Waals surface area contributed by atoms with E-state index < -0.39 is 5.91 Å². The van der Waals surface area contributed by atoms with Gasteiger partial charge in [0.25, 0.3) is 5.91 Å². The predicted octanol–water partition coefficient (Wildman–Crippen LogP) is 0.0570. The van der Waals surface area contributed by atoms with Crippen LogP contribution in [-0.4, -0.2) is 12.1 Å². The highest BCUT2D eigenvalue weighted by Gasteiger charge is 2.06. The van der Waals surface area contributed by atoms with Crippen LogP contribution in [0.5, 0.6) is 0 Å². The number of hydrazone groups is 1. The van der Waals surface area contributed by atoms with Crippen LogP contribution < -0.4 is 11.2 Å². The van der Waals surface area contributed by atoms with Gasteiger partial charge in [-0.15, -0.1) is 0 Å². The third kappa shape index (κ3) is 1.82. The van der Waals surface area contributed by atoms with Gasteiger partial charge in [-0.3, -0.25) is 10.2 Å². The van der Waals surface area contributed by atoms with Crippen LogP contribution in [0.3, 0.4) is 0 Å². The second kappa shape index (κ2) is 3.52. The summed E-state index contributed by atoms with van der Waals surface area (Å²) in [6.07, 6.45) is 6.32. The number of hydrogen-bond donors (Lipinski definition) is 2. The molecule has 4 nitrogen and oxygen atoms in total. The van der Waals surface area contributed by atoms with Gasteiger partial charge in [0.15, 0.2) is 0 Å². The van der Waals surface area contributed by atoms with Crippen molar-refractivity contribution in [3.05, 3.63) is 36.1 Å². The Bertz CT molecular complexity index is 299. The van der Waals surface area contributed by atoms with E-state index in [1.54, 1.807) is 18.4 Å². The Morgan fingerprint density at radius 3 is 3.08 bits per heavy atom. The van der Waals surface area contributed by atoms with E-state index in [0.717, 1.165) is 0 Å². The van der Waals surface area contributed by atoms with Crippen molar-refractivity contribution in [3.63, 3.8) is 0 Å². The Hall–Kier alpha value is -1.84. The second-order valence-corrected chi connectivity index (χ2v) is 2.21. The normalized spacial score (nSPS) is 21.3. The smallest absolute Gasteiger partial charge is 0.250 e. The molecule has 0 bridgehead atoms. The second-order valence-electron chi connectivity index (χ2n) is 2.21. The zero-order valence-corrected chi connectivity index (χ0v) is 6.45. The fourth-order valence-electron chi connectivity index (χ4n) is 0.759. The zero-order chi connectivity index (χ0) is 8.97. The van der Waals surface area contributed by atoms with Gasteiger partial charge in [-0.25, -0.2) is 0 Å². The maximum Gasteiger partial charge on any atom is 0.250 e. The number of amides is 1. The van der Waals surface area contributed by atoms with E-state index in [1.807, 2.05) is 0 Å². The lowest BCUT2D eigenvalue weighted by molar-refractivity contribution is -0.114. The molecule has 1 aliphatic heterocycles. The lowest BCUT2D eigenvalue weighted by Gasteiger charge is -2.03. The number of carbonyl (C=O) groups is 1. The van der Waals surface area contributed by atoms with Crippen molar-refractivity contribution in [2.24, 2.45) is 10.8 Å². The average molecular weight is 163 g/mol. The summed E-state index contributed by atoms with van der Waals surface area (Å²) in [7, 11) is 0. The molecule has 0 aromatic heterocycles. The molecule has 1 aliphatic rings. The highest BCUT2D eigenvalue weighted by atomic mass is 16.1. The lowest BCUT2D eigenvalue weighted by Crippen LogP contribution is -2.17. The van der Waals surface area contributed by atoms with E-state index in [2.05, 4.69) is 17.1 Å². The van der Waals surface area contributed by atoms with Gasteiger partial charge in [0.2, 0.25) is 0 Å². The topological polar surface area (TPSA) is 67.5 Å². The van der Waals surface area contributed by atoms with Gasteiger partial charge in [-0.1, -0.05) is 12.7 Å². The fourth-order valence-corrected chi connectivity index (χ4v) is 0.759. The van der Waals surface area contributed by atoms with Crippen LogP contribution >= 0.6 is 0 Å².